The Morgan fingerprint density at radius 3 is 2.53 bits per heavy atom. The highest BCUT2D eigenvalue weighted by Gasteiger charge is 2.25. The van der Waals surface area contributed by atoms with Crippen molar-refractivity contribution in [3.63, 3.8) is 0 Å². The van der Waals surface area contributed by atoms with Gasteiger partial charge in [0, 0.05) is 18.8 Å². The lowest BCUT2D eigenvalue weighted by molar-refractivity contribution is -0.124. The van der Waals surface area contributed by atoms with Crippen molar-refractivity contribution in [2.45, 2.75) is 71.6 Å². The zero-order chi connectivity index (χ0) is 12.5. The molecule has 0 aliphatic heterocycles. The first-order chi connectivity index (χ1) is 8.27. The maximum atomic E-state index is 11.9. The van der Waals surface area contributed by atoms with Gasteiger partial charge < -0.3 is 0 Å². The predicted molar refractivity (Wildman–Crippen MR) is 72.7 cm³/mol. The van der Waals surface area contributed by atoms with Crippen molar-refractivity contribution < 1.29 is 4.79 Å². The number of Topliss-reactive ketones (excluding diaryl/α,β-unsaturated/α-hetero) is 1. The highest BCUT2D eigenvalue weighted by atomic mass is 16.1. The average molecular weight is 234 g/mol. The molecule has 96 valence electrons. The Labute approximate surface area is 106 Å². The van der Waals surface area contributed by atoms with E-state index in [-0.39, 0.29) is 0 Å². The fourth-order valence-electron chi connectivity index (χ4n) is 2.78. The topological polar surface area (TPSA) is 17.1 Å². The third-order valence-electron chi connectivity index (χ3n) is 3.94. The summed E-state index contributed by atoms with van der Waals surface area (Å²) in [7, 11) is 0. The van der Waals surface area contributed by atoms with Gasteiger partial charge in [-0.05, 0) is 38.5 Å². The molecule has 1 heteroatoms. The Morgan fingerprint density at radius 2 is 1.94 bits per heavy atom. The Balaban J connectivity index is 2.20. The van der Waals surface area contributed by atoms with Gasteiger partial charge in [-0.25, -0.2) is 0 Å². The van der Waals surface area contributed by atoms with E-state index in [4.69, 9.17) is 0 Å². The van der Waals surface area contributed by atoms with Crippen molar-refractivity contribution in [3.05, 3.63) is 0 Å². The summed E-state index contributed by atoms with van der Waals surface area (Å²) in [6, 6.07) is 0. The van der Waals surface area contributed by atoms with Gasteiger partial charge in [-0.2, -0.15) is 0 Å². The summed E-state index contributed by atoms with van der Waals surface area (Å²) in [5.74, 6) is 7.55. The van der Waals surface area contributed by atoms with Gasteiger partial charge in [-0.3, -0.25) is 4.79 Å². The van der Waals surface area contributed by atoms with Gasteiger partial charge in [0.1, 0.15) is 5.78 Å². The molecule has 0 aromatic rings. The predicted octanol–water partition coefficient (Wildman–Crippen LogP) is 4.36. The summed E-state index contributed by atoms with van der Waals surface area (Å²) < 4.78 is 0. The van der Waals surface area contributed by atoms with Crippen LogP contribution < -0.4 is 0 Å². The van der Waals surface area contributed by atoms with E-state index >= 15 is 0 Å². The van der Waals surface area contributed by atoms with Crippen LogP contribution in [-0.4, -0.2) is 5.78 Å². The van der Waals surface area contributed by atoms with Crippen LogP contribution in [0, 0.1) is 23.7 Å². The number of carbonyl (C=O) groups excluding carboxylic acids is 1. The molecule has 0 heterocycles. The van der Waals surface area contributed by atoms with E-state index in [0.29, 0.717) is 18.1 Å². The first-order valence-corrected chi connectivity index (χ1v) is 7.20. The van der Waals surface area contributed by atoms with Crippen molar-refractivity contribution in [1.29, 1.82) is 0 Å². The number of ketones is 1. The van der Waals surface area contributed by atoms with E-state index in [1.807, 2.05) is 6.92 Å². The van der Waals surface area contributed by atoms with Gasteiger partial charge in [0.2, 0.25) is 0 Å². The first kappa shape index (κ1) is 14.3. The van der Waals surface area contributed by atoms with Crippen LogP contribution in [-0.2, 0) is 4.79 Å². The molecule has 0 bridgehead atoms. The molecule has 0 amide bonds. The summed E-state index contributed by atoms with van der Waals surface area (Å²) in [5.41, 5.74) is 0. The molecule has 0 atom stereocenters. The molecule has 0 spiro atoms. The minimum atomic E-state index is 0.353. The van der Waals surface area contributed by atoms with Gasteiger partial charge in [0.25, 0.3) is 0 Å². The Kier molecular flexibility index (Phi) is 7.01. The maximum Gasteiger partial charge on any atom is 0.136 e. The van der Waals surface area contributed by atoms with Crippen LogP contribution in [0.1, 0.15) is 71.6 Å². The van der Waals surface area contributed by atoms with E-state index in [0.717, 1.165) is 25.2 Å². The van der Waals surface area contributed by atoms with E-state index in [1.165, 1.54) is 32.1 Å². The lowest BCUT2D eigenvalue weighted by Crippen LogP contribution is -2.21. The van der Waals surface area contributed by atoms with E-state index in [9.17, 15) is 4.79 Å². The van der Waals surface area contributed by atoms with Crippen LogP contribution in [0.15, 0.2) is 0 Å². The smallest absolute Gasteiger partial charge is 0.136 e. The number of hydrogen-bond acceptors (Lipinski definition) is 1. The van der Waals surface area contributed by atoms with Crippen LogP contribution in [0.3, 0.4) is 0 Å². The molecule has 1 nitrogen and oxygen atoms in total. The van der Waals surface area contributed by atoms with Crippen molar-refractivity contribution in [2.24, 2.45) is 11.8 Å². The van der Waals surface area contributed by atoms with Crippen LogP contribution in [0.25, 0.3) is 0 Å². The lowest BCUT2D eigenvalue weighted by Gasteiger charge is -2.27. The number of rotatable bonds is 6. The van der Waals surface area contributed by atoms with Crippen molar-refractivity contribution in [1.82, 2.24) is 0 Å². The molecular formula is C16H26O. The Morgan fingerprint density at radius 1 is 1.24 bits per heavy atom. The monoisotopic (exact) mass is 234 g/mol. The molecule has 0 aromatic carbocycles. The minimum Gasteiger partial charge on any atom is -0.299 e. The normalized spacial score (nSPS) is 23.9. The third-order valence-corrected chi connectivity index (χ3v) is 3.94. The van der Waals surface area contributed by atoms with Gasteiger partial charge in [-0.15, -0.1) is 11.8 Å². The molecule has 1 saturated carbocycles. The zero-order valence-corrected chi connectivity index (χ0v) is 11.4. The van der Waals surface area contributed by atoms with Gasteiger partial charge in [-0.1, -0.05) is 26.2 Å². The second-order valence-corrected chi connectivity index (χ2v) is 5.25. The molecule has 1 aliphatic rings. The standard InChI is InChI=1S/C16H26O/c1-3-5-7-9-16(17)15-12-10-14(11-13-15)8-6-4-2/h14-15H,4,6-13H2,1-2H3. The van der Waals surface area contributed by atoms with Gasteiger partial charge in [0.05, 0.1) is 0 Å². The molecule has 0 aromatic heterocycles. The maximum absolute atomic E-state index is 11.9. The van der Waals surface area contributed by atoms with E-state index in [1.54, 1.807) is 0 Å². The number of hydrogen-bond donors (Lipinski definition) is 0. The summed E-state index contributed by atoms with van der Waals surface area (Å²) in [6.45, 7) is 4.09. The second kappa shape index (κ2) is 8.34. The van der Waals surface area contributed by atoms with Crippen LogP contribution in [0.5, 0.6) is 0 Å². The second-order valence-electron chi connectivity index (χ2n) is 5.25. The lowest BCUT2D eigenvalue weighted by atomic mass is 9.77. The van der Waals surface area contributed by atoms with Gasteiger partial charge >= 0.3 is 0 Å². The SMILES string of the molecule is CC#CCCC(=O)C1CCC(CCCC)CC1. The molecule has 1 rings (SSSR count). The average Bonchev–Trinajstić information content (AvgIpc) is 2.37. The Bertz CT molecular complexity index is 274. The van der Waals surface area contributed by atoms with E-state index < -0.39 is 0 Å². The first-order valence-electron chi connectivity index (χ1n) is 7.20. The highest BCUT2D eigenvalue weighted by molar-refractivity contribution is 5.81. The molecule has 0 N–H and O–H groups in total. The van der Waals surface area contributed by atoms with E-state index in [2.05, 4.69) is 18.8 Å². The van der Waals surface area contributed by atoms with Crippen LogP contribution in [0.4, 0.5) is 0 Å². The molecule has 0 saturated heterocycles. The van der Waals surface area contributed by atoms with Crippen molar-refractivity contribution in [3.8, 4) is 11.8 Å². The quantitative estimate of drug-likeness (QED) is 0.624. The largest absolute Gasteiger partial charge is 0.299 e. The summed E-state index contributed by atoms with van der Waals surface area (Å²) in [5, 5.41) is 0. The van der Waals surface area contributed by atoms with Crippen LogP contribution >= 0.6 is 0 Å². The summed E-state index contributed by atoms with van der Waals surface area (Å²) >= 11 is 0. The van der Waals surface area contributed by atoms with Crippen molar-refractivity contribution >= 4 is 5.78 Å². The molecule has 1 fully saturated rings. The third kappa shape index (κ3) is 5.39. The zero-order valence-electron chi connectivity index (χ0n) is 11.4. The number of unbranched alkanes of at least 4 members (excludes halogenated alkanes) is 1. The summed E-state index contributed by atoms with van der Waals surface area (Å²) in [6.07, 6.45) is 10.3. The highest BCUT2D eigenvalue weighted by Crippen LogP contribution is 2.32. The minimum absolute atomic E-state index is 0.353. The fraction of sp³-hybridized carbons (Fsp3) is 0.812. The molecule has 1 aliphatic carbocycles. The van der Waals surface area contributed by atoms with Crippen LogP contribution in [0.2, 0.25) is 0 Å². The number of carbonyl (C=O) groups is 1. The van der Waals surface area contributed by atoms with Gasteiger partial charge in [0.15, 0.2) is 0 Å². The molecular weight excluding hydrogens is 208 g/mol. The van der Waals surface area contributed by atoms with Crippen molar-refractivity contribution in [2.75, 3.05) is 0 Å². The summed E-state index contributed by atoms with van der Waals surface area (Å²) in [4.78, 5) is 11.9. The Hall–Kier alpha value is -0.770. The molecule has 17 heavy (non-hydrogen) atoms. The fourth-order valence-corrected chi connectivity index (χ4v) is 2.78. The molecule has 0 unspecified atom stereocenters. The molecule has 0 radical (unpaired) electrons.